The average Bonchev–Trinajstić information content (AvgIpc) is 2.83. The number of hydrogen-bond donors (Lipinski definition) is 1. The van der Waals surface area contributed by atoms with E-state index in [0.717, 1.165) is 59.2 Å². The van der Waals surface area contributed by atoms with Crippen LogP contribution in [0.25, 0.3) is 21.7 Å². The van der Waals surface area contributed by atoms with Gasteiger partial charge < -0.3 is 15.0 Å². The molecule has 0 unspecified atom stereocenters. The number of rotatable bonds is 4. The molecule has 1 aromatic heterocycles. The zero-order valence-electron chi connectivity index (χ0n) is 16.7. The van der Waals surface area contributed by atoms with Gasteiger partial charge in [0.2, 0.25) is 0 Å². The molecular formula is C25H23N3O2. The molecule has 2 heterocycles. The second-order valence-electron chi connectivity index (χ2n) is 7.46. The maximum Gasteiger partial charge on any atom is 0.253 e. The van der Waals surface area contributed by atoms with Crippen molar-refractivity contribution in [3.8, 4) is 0 Å². The topological polar surface area (TPSA) is 54.5 Å². The number of benzene rings is 3. The van der Waals surface area contributed by atoms with Crippen LogP contribution in [0.5, 0.6) is 0 Å². The summed E-state index contributed by atoms with van der Waals surface area (Å²) in [7, 11) is 0. The Kier molecular flexibility index (Phi) is 5.03. The molecule has 0 aliphatic carbocycles. The van der Waals surface area contributed by atoms with Crippen molar-refractivity contribution in [2.24, 2.45) is 0 Å². The van der Waals surface area contributed by atoms with E-state index in [0.29, 0.717) is 12.1 Å². The Morgan fingerprint density at radius 3 is 2.63 bits per heavy atom. The number of fused-ring (bicyclic) bond motifs is 3. The molecule has 3 aromatic carbocycles. The SMILES string of the molecule is O=C(NCc1ccccc1N1CCOCC1)c1cc2ccccc2c2cccnc12. The number of nitrogens with one attached hydrogen (secondary N) is 1. The molecule has 5 rings (SSSR count). The summed E-state index contributed by atoms with van der Waals surface area (Å²) < 4.78 is 5.47. The monoisotopic (exact) mass is 397 g/mol. The molecule has 1 aliphatic heterocycles. The first-order chi connectivity index (χ1) is 14.8. The number of carbonyl (C=O) groups excluding carboxylic acids is 1. The molecule has 4 aromatic rings. The van der Waals surface area contributed by atoms with Crippen molar-refractivity contribution in [3.63, 3.8) is 0 Å². The van der Waals surface area contributed by atoms with Crippen LogP contribution in [0.3, 0.4) is 0 Å². The van der Waals surface area contributed by atoms with Crippen LogP contribution in [0.2, 0.25) is 0 Å². The third kappa shape index (κ3) is 3.48. The molecule has 30 heavy (non-hydrogen) atoms. The molecule has 1 saturated heterocycles. The molecule has 0 radical (unpaired) electrons. The van der Waals surface area contributed by atoms with E-state index in [9.17, 15) is 4.79 Å². The second-order valence-corrected chi connectivity index (χ2v) is 7.46. The van der Waals surface area contributed by atoms with Crippen LogP contribution >= 0.6 is 0 Å². The molecule has 1 N–H and O–H groups in total. The van der Waals surface area contributed by atoms with Crippen LogP contribution in [-0.2, 0) is 11.3 Å². The van der Waals surface area contributed by atoms with Gasteiger partial charge in [0.05, 0.1) is 24.3 Å². The summed E-state index contributed by atoms with van der Waals surface area (Å²) in [5, 5.41) is 6.25. The first-order valence-electron chi connectivity index (χ1n) is 10.3. The lowest BCUT2D eigenvalue weighted by atomic mass is 10.0. The van der Waals surface area contributed by atoms with Crippen LogP contribution in [0.15, 0.2) is 72.9 Å². The maximum absolute atomic E-state index is 13.2. The molecule has 150 valence electrons. The van der Waals surface area contributed by atoms with Gasteiger partial charge in [-0.15, -0.1) is 0 Å². The van der Waals surface area contributed by atoms with Gasteiger partial charge in [-0.3, -0.25) is 9.78 Å². The number of carbonyl (C=O) groups is 1. The standard InChI is InChI=1S/C25H23N3O2/c29-25(27-17-19-7-2-4-10-23(19)28-12-14-30-15-13-28)22-16-18-6-1-3-8-20(18)21-9-5-11-26-24(21)22/h1-11,16H,12-15,17H2,(H,27,29). The smallest absolute Gasteiger partial charge is 0.253 e. The lowest BCUT2D eigenvalue weighted by Gasteiger charge is -2.30. The second kappa shape index (κ2) is 8.13. The molecule has 1 amide bonds. The van der Waals surface area contributed by atoms with E-state index in [1.54, 1.807) is 6.20 Å². The van der Waals surface area contributed by atoms with Gasteiger partial charge in [0.1, 0.15) is 0 Å². The fourth-order valence-electron chi connectivity index (χ4n) is 4.15. The molecule has 0 bridgehead atoms. The summed E-state index contributed by atoms with van der Waals surface area (Å²) in [6.07, 6.45) is 1.74. The molecule has 0 spiro atoms. The van der Waals surface area contributed by atoms with Crippen LogP contribution in [0.4, 0.5) is 5.69 Å². The van der Waals surface area contributed by atoms with Gasteiger partial charge in [0.25, 0.3) is 5.91 Å². The molecule has 1 aliphatic rings. The average molecular weight is 397 g/mol. The highest BCUT2D eigenvalue weighted by molar-refractivity contribution is 6.15. The Labute approximate surface area is 175 Å². The summed E-state index contributed by atoms with van der Waals surface area (Å²) in [5.41, 5.74) is 3.59. The van der Waals surface area contributed by atoms with Gasteiger partial charge in [0, 0.05) is 36.9 Å². The first-order valence-corrected chi connectivity index (χ1v) is 10.3. The first kappa shape index (κ1) is 18.6. The van der Waals surface area contributed by atoms with Crippen molar-refractivity contribution in [1.82, 2.24) is 10.3 Å². The maximum atomic E-state index is 13.2. The van der Waals surface area contributed by atoms with Crippen LogP contribution < -0.4 is 10.2 Å². The third-order valence-electron chi connectivity index (χ3n) is 5.64. The van der Waals surface area contributed by atoms with Crippen LogP contribution in [0, 0.1) is 0 Å². The van der Waals surface area contributed by atoms with Gasteiger partial charge in [-0.2, -0.15) is 0 Å². The zero-order valence-corrected chi connectivity index (χ0v) is 16.7. The highest BCUT2D eigenvalue weighted by Crippen LogP contribution is 2.27. The minimum absolute atomic E-state index is 0.110. The molecule has 5 heteroatoms. The largest absolute Gasteiger partial charge is 0.378 e. The normalized spacial score (nSPS) is 14.2. The number of aromatic nitrogens is 1. The van der Waals surface area contributed by atoms with E-state index >= 15 is 0 Å². The highest BCUT2D eigenvalue weighted by Gasteiger charge is 2.17. The number of amides is 1. The minimum atomic E-state index is -0.110. The van der Waals surface area contributed by atoms with Gasteiger partial charge in [-0.1, -0.05) is 48.5 Å². The summed E-state index contributed by atoms with van der Waals surface area (Å²) in [4.78, 5) is 20.0. The number of morpholine rings is 1. The van der Waals surface area contributed by atoms with Crippen molar-refractivity contribution >= 4 is 33.3 Å². The van der Waals surface area contributed by atoms with Crippen molar-refractivity contribution in [2.45, 2.75) is 6.54 Å². The fourth-order valence-corrected chi connectivity index (χ4v) is 4.15. The Morgan fingerprint density at radius 1 is 0.967 bits per heavy atom. The van der Waals surface area contributed by atoms with Crippen LogP contribution in [-0.4, -0.2) is 37.2 Å². The number of pyridine rings is 1. The molecule has 0 atom stereocenters. The van der Waals surface area contributed by atoms with Gasteiger partial charge >= 0.3 is 0 Å². The number of ether oxygens (including phenoxy) is 1. The Morgan fingerprint density at radius 2 is 1.73 bits per heavy atom. The predicted octanol–water partition coefficient (Wildman–Crippen LogP) is 4.15. The molecular weight excluding hydrogens is 374 g/mol. The van der Waals surface area contributed by atoms with E-state index < -0.39 is 0 Å². The van der Waals surface area contributed by atoms with Gasteiger partial charge in [-0.05, 0) is 34.5 Å². The predicted molar refractivity (Wildman–Crippen MR) is 120 cm³/mol. The Hall–Kier alpha value is -3.44. The van der Waals surface area contributed by atoms with E-state index in [-0.39, 0.29) is 5.91 Å². The number of nitrogens with zero attached hydrogens (tertiary/aromatic N) is 2. The minimum Gasteiger partial charge on any atom is -0.378 e. The summed E-state index contributed by atoms with van der Waals surface area (Å²) in [6, 6.07) is 22.2. The Bertz CT molecular complexity index is 1220. The van der Waals surface area contributed by atoms with E-state index in [4.69, 9.17) is 4.74 Å². The lowest BCUT2D eigenvalue weighted by molar-refractivity contribution is 0.0952. The van der Waals surface area contributed by atoms with Crippen molar-refractivity contribution < 1.29 is 9.53 Å². The lowest BCUT2D eigenvalue weighted by Crippen LogP contribution is -2.37. The quantitative estimate of drug-likeness (QED) is 0.526. The summed E-state index contributed by atoms with van der Waals surface area (Å²) in [5.74, 6) is -0.110. The van der Waals surface area contributed by atoms with Gasteiger partial charge in [0.15, 0.2) is 0 Å². The van der Waals surface area contributed by atoms with Crippen molar-refractivity contribution in [2.75, 3.05) is 31.2 Å². The molecule has 5 nitrogen and oxygen atoms in total. The number of para-hydroxylation sites is 1. The van der Waals surface area contributed by atoms with E-state index in [2.05, 4.69) is 33.4 Å². The van der Waals surface area contributed by atoms with Crippen LogP contribution in [0.1, 0.15) is 15.9 Å². The number of anilines is 1. The van der Waals surface area contributed by atoms with E-state index in [1.807, 2.05) is 48.5 Å². The Balaban J connectivity index is 1.45. The fraction of sp³-hybridized carbons (Fsp3) is 0.200. The van der Waals surface area contributed by atoms with Crippen molar-refractivity contribution in [1.29, 1.82) is 0 Å². The highest BCUT2D eigenvalue weighted by atomic mass is 16.5. The van der Waals surface area contributed by atoms with Crippen molar-refractivity contribution in [3.05, 3.63) is 84.1 Å². The van der Waals surface area contributed by atoms with E-state index in [1.165, 1.54) is 0 Å². The summed E-state index contributed by atoms with van der Waals surface area (Å²) >= 11 is 0. The zero-order chi connectivity index (χ0) is 20.3. The van der Waals surface area contributed by atoms with Gasteiger partial charge in [-0.25, -0.2) is 0 Å². The third-order valence-corrected chi connectivity index (χ3v) is 5.64. The molecule has 0 saturated carbocycles. The number of hydrogen-bond acceptors (Lipinski definition) is 4. The summed E-state index contributed by atoms with van der Waals surface area (Å²) in [6.45, 7) is 3.66. The molecule has 1 fully saturated rings.